The van der Waals surface area contributed by atoms with Crippen LogP contribution in [0.3, 0.4) is 0 Å². The lowest BCUT2D eigenvalue weighted by atomic mass is 10.1. The van der Waals surface area contributed by atoms with E-state index in [0.717, 1.165) is 0 Å². The molecule has 7 rings (SSSR count). The molecule has 2 fully saturated rings. The molecule has 4 heteroatoms. The molecular formula is C33H46P4. The number of fused-ring (bicyclic) bond motifs is 4. The van der Waals surface area contributed by atoms with Crippen LogP contribution in [-0.2, 0) is 19.0 Å². The third kappa shape index (κ3) is 8.62. The second kappa shape index (κ2) is 15.1. The van der Waals surface area contributed by atoms with Gasteiger partial charge in [0, 0.05) is 10.2 Å². The molecule has 0 N–H and O–H groups in total. The Balaban J connectivity index is 0.000000122. The summed E-state index contributed by atoms with van der Waals surface area (Å²) in [6, 6.07) is 26.4. The van der Waals surface area contributed by atoms with Crippen molar-refractivity contribution < 1.29 is 0 Å². The highest BCUT2D eigenvalue weighted by Gasteiger charge is 2.15. The molecule has 0 unspecified atom stereocenters. The first-order valence-electron chi connectivity index (χ1n) is 14.1. The zero-order chi connectivity index (χ0) is 26.0. The quantitative estimate of drug-likeness (QED) is 0.186. The summed E-state index contributed by atoms with van der Waals surface area (Å²) in [6.45, 7) is 9.56. The van der Waals surface area contributed by atoms with Crippen LogP contribution in [-0.4, -0.2) is 44.6 Å². The van der Waals surface area contributed by atoms with Crippen molar-refractivity contribution in [3.05, 3.63) is 83.9 Å². The Hall–Kier alpha value is -0.750. The Morgan fingerprint density at radius 2 is 0.811 bits per heavy atom. The molecule has 3 aliphatic heterocycles. The molecule has 0 atom stereocenters. The van der Waals surface area contributed by atoms with Crippen molar-refractivity contribution in [2.24, 2.45) is 6.66 Å². The maximum atomic E-state index is 2.43. The van der Waals surface area contributed by atoms with E-state index in [0.29, 0.717) is 23.8 Å². The monoisotopic (exact) mass is 566 g/mol. The summed E-state index contributed by atoms with van der Waals surface area (Å²) < 4.78 is 0. The van der Waals surface area contributed by atoms with Crippen LogP contribution in [0.25, 0.3) is 21.0 Å². The van der Waals surface area contributed by atoms with E-state index in [4.69, 9.17) is 0 Å². The van der Waals surface area contributed by atoms with Gasteiger partial charge in [-0.05, 0) is 111 Å². The van der Waals surface area contributed by atoms with Crippen LogP contribution in [0.15, 0.2) is 72.8 Å². The van der Waals surface area contributed by atoms with Crippen molar-refractivity contribution in [2.75, 3.05) is 44.6 Å². The average Bonchev–Trinajstić information content (AvgIpc) is 3.63. The molecule has 37 heavy (non-hydrogen) atoms. The summed E-state index contributed by atoms with van der Waals surface area (Å²) in [7, 11) is 1.25. The predicted molar refractivity (Wildman–Crippen MR) is 180 cm³/mol. The fraction of sp³-hybridized carbons (Fsp3) is 0.455. The largest absolute Gasteiger partial charge is 0.112 e. The third-order valence-corrected chi connectivity index (χ3v) is 16.0. The molecule has 4 aromatic rings. The minimum Gasteiger partial charge on any atom is -0.112 e. The molecule has 0 radical (unpaired) electrons. The highest BCUT2D eigenvalue weighted by atomic mass is 31.1. The van der Waals surface area contributed by atoms with E-state index in [1.54, 1.807) is 35.8 Å². The van der Waals surface area contributed by atoms with E-state index in [-0.39, 0.29) is 7.53 Å². The summed E-state index contributed by atoms with van der Waals surface area (Å²) in [6.07, 6.45) is 16.5. The number of hydrogen-bond donors (Lipinski definition) is 0. The lowest BCUT2D eigenvalue weighted by molar-refractivity contribution is 0.754. The number of rotatable bonds is 0. The minimum absolute atomic E-state index is 0.0967. The van der Waals surface area contributed by atoms with E-state index < -0.39 is 0 Å². The fourth-order valence-corrected chi connectivity index (χ4v) is 12.9. The standard InChI is InChI=1S/C13H11P.C9H11P.C6H13P.C5H11P/c1-14-12-8-4-2-6-10(12)11-7-3-5-9-13(11)14;1-10-6-8-4-2-3-5-9(8)7-10;1-7-5-3-2-4-6-7;1-6-4-2-3-5-6/h2-9H,1H3;2-5H,6-7H2,1H3;2-6H2,1H3;2-5H2,1H3. The molecule has 0 spiro atoms. The molecule has 0 saturated carbocycles. The van der Waals surface area contributed by atoms with Gasteiger partial charge in [0.2, 0.25) is 0 Å². The predicted octanol–water partition coefficient (Wildman–Crippen LogP) is 11.5. The van der Waals surface area contributed by atoms with Gasteiger partial charge in [-0.2, -0.15) is 0 Å². The molecule has 198 valence electrons. The van der Waals surface area contributed by atoms with Gasteiger partial charge in [-0.3, -0.25) is 0 Å². The molecule has 1 aromatic heterocycles. The normalized spacial score (nSPS) is 17.8. The molecule has 4 heterocycles. The smallest absolute Gasteiger partial charge is 0.00211 e. The summed E-state index contributed by atoms with van der Waals surface area (Å²) in [4.78, 5) is 0. The first kappa shape index (κ1) is 29.2. The highest BCUT2D eigenvalue weighted by Crippen LogP contribution is 2.47. The number of aryl methyl sites for hydroxylation is 1. The van der Waals surface area contributed by atoms with Gasteiger partial charge in [0.1, 0.15) is 0 Å². The Labute approximate surface area is 231 Å². The summed E-state index contributed by atoms with van der Waals surface area (Å²) >= 11 is 0. The van der Waals surface area contributed by atoms with Crippen molar-refractivity contribution in [2.45, 2.75) is 44.4 Å². The van der Waals surface area contributed by atoms with Crippen molar-refractivity contribution in [1.29, 1.82) is 0 Å². The second-order valence-electron chi connectivity index (χ2n) is 10.9. The summed E-state index contributed by atoms with van der Waals surface area (Å²) in [5.74, 6) is 0. The molecule has 3 aliphatic rings. The summed E-state index contributed by atoms with van der Waals surface area (Å²) in [5, 5.41) is 5.95. The van der Waals surface area contributed by atoms with Crippen LogP contribution in [0.5, 0.6) is 0 Å². The van der Waals surface area contributed by atoms with Crippen LogP contribution in [0.1, 0.15) is 43.2 Å². The number of benzene rings is 3. The van der Waals surface area contributed by atoms with Crippen LogP contribution in [0.2, 0.25) is 0 Å². The Kier molecular flexibility index (Phi) is 12.0. The average molecular weight is 567 g/mol. The van der Waals surface area contributed by atoms with Crippen molar-refractivity contribution in [3.8, 4) is 0 Å². The second-order valence-corrected chi connectivity index (χ2v) is 20.5. The molecular weight excluding hydrogens is 520 g/mol. The van der Waals surface area contributed by atoms with Gasteiger partial charge in [0.05, 0.1) is 0 Å². The highest BCUT2D eigenvalue weighted by molar-refractivity contribution is 7.59. The fourth-order valence-electron chi connectivity index (χ4n) is 5.55. The van der Waals surface area contributed by atoms with E-state index >= 15 is 0 Å². The van der Waals surface area contributed by atoms with E-state index in [9.17, 15) is 0 Å². The van der Waals surface area contributed by atoms with Gasteiger partial charge < -0.3 is 0 Å². The molecule has 0 nitrogen and oxygen atoms in total. The molecule has 0 amide bonds. The molecule has 2 saturated heterocycles. The first-order chi connectivity index (χ1) is 18.0. The lowest BCUT2D eigenvalue weighted by Gasteiger charge is -2.16. The van der Waals surface area contributed by atoms with Gasteiger partial charge >= 0.3 is 0 Å². The zero-order valence-electron chi connectivity index (χ0n) is 23.5. The van der Waals surface area contributed by atoms with Gasteiger partial charge in [-0.1, -0.05) is 79.2 Å². The minimum atomic E-state index is -0.0967. The van der Waals surface area contributed by atoms with E-state index in [1.807, 2.05) is 0 Å². The molecule has 0 aliphatic carbocycles. The maximum Gasteiger partial charge on any atom is 0.00211 e. The van der Waals surface area contributed by atoms with E-state index in [1.165, 1.54) is 65.4 Å². The molecule has 3 aromatic carbocycles. The third-order valence-electron chi connectivity index (χ3n) is 7.73. The Morgan fingerprint density at radius 3 is 1.22 bits per heavy atom. The van der Waals surface area contributed by atoms with Crippen molar-refractivity contribution in [1.82, 2.24) is 0 Å². The lowest BCUT2D eigenvalue weighted by Crippen LogP contribution is -1.96. The van der Waals surface area contributed by atoms with Gasteiger partial charge in [-0.25, -0.2) is 0 Å². The van der Waals surface area contributed by atoms with Crippen molar-refractivity contribution in [3.63, 3.8) is 0 Å². The SMILES string of the molecule is CP1CCCC1.CP1CCCCC1.CP1Cc2ccccc2C1.Cp1c2ccccc2c2ccccc21. The topological polar surface area (TPSA) is 0 Å². The van der Waals surface area contributed by atoms with Crippen LogP contribution >= 0.6 is 31.3 Å². The van der Waals surface area contributed by atoms with Crippen LogP contribution < -0.4 is 0 Å². The Morgan fingerprint density at radius 1 is 0.432 bits per heavy atom. The van der Waals surface area contributed by atoms with Crippen molar-refractivity contribution >= 4 is 52.3 Å². The van der Waals surface area contributed by atoms with Crippen LogP contribution in [0.4, 0.5) is 0 Å². The van der Waals surface area contributed by atoms with Gasteiger partial charge in [-0.15, -0.1) is 31.3 Å². The zero-order valence-corrected chi connectivity index (χ0v) is 27.1. The van der Waals surface area contributed by atoms with Gasteiger partial charge in [0.25, 0.3) is 0 Å². The summed E-state index contributed by atoms with van der Waals surface area (Å²) in [5.41, 5.74) is 3.19. The first-order valence-corrected chi connectivity index (χ1v) is 22.3. The number of hydrogen-bond acceptors (Lipinski definition) is 0. The van der Waals surface area contributed by atoms with Crippen LogP contribution in [0, 0.1) is 0 Å². The van der Waals surface area contributed by atoms with Gasteiger partial charge in [0.15, 0.2) is 0 Å². The molecule has 0 bridgehead atoms. The van der Waals surface area contributed by atoms with E-state index in [2.05, 4.69) is 99.5 Å². The Bertz CT molecular complexity index is 1150. The maximum absolute atomic E-state index is 2.43.